The van der Waals surface area contributed by atoms with Gasteiger partial charge in [-0.05, 0) is 32.1 Å². The number of hydrogen-bond acceptors (Lipinski definition) is 8. The maximum Gasteiger partial charge on any atom is 0.348 e. The molecule has 0 aliphatic rings. The molecule has 0 atom stereocenters. The van der Waals surface area contributed by atoms with E-state index in [0.29, 0.717) is 37.7 Å². The first-order valence-electron chi connectivity index (χ1n) is 9.97. The van der Waals surface area contributed by atoms with Gasteiger partial charge in [0, 0.05) is 37.5 Å². The minimum absolute atomic E-state index is 0.0496. The average molecular weight is 421 g/mol. The summed E-state index contributed by atoms with van der Waals surface area (Å²) in [6.45, 7) is 8.01. The molecule has 0 aliphatic heterocycles. The molecular weight excluding hydrogens is 388 g/mol. The van der Waals surface area contributed by atoms with Crippen molar-refractivity contribution in [2.24, 2.45) is 0 Å². The predicted octanol–water partition coefficient (Wildman–Crippen LogP) is 2.67. The van der Waals surface area contributed by atoms with Gasteiger partial charge in [0.15, 0.2) is 0 Å². The molecule has 8 nitrogen and oxygen atoms in total. The number of anilines is 1. The van der Waals surface area contributed by atoms with E-state index in [1.165, 1.54) is 6.08 Å². The minimum Gasteiger partial charge on any atom is -0.496 e. The van der Waals surface area contributed by atoms with Crippen LogP contribution in [0.1, 0.15) is 19.4 Å². The number of nitriles is 1. The van der Waals surface area contributed by atoms with E-state index in [0.717, 1.165) is 18.8 Å². The first-order valence-corrected chi connectivity index (χ1v) is 9.97. The monoisotopic (exact) mass is 420 g/mol. The van der Waals surface area contributed by atoms with Crippen LogP contribution < -0.4 is 9.64 Å². The van der Waals surface area contributed by atoms with Crippen molar-refractivity contribution >= 4 is 17.7 Å². The molecule has 0 aromatic heterocycles. The van der Waals surface area contributed by atoms with E-state index in [-0.39, 0.29) is 18.8 Å². The summed E-state index contributed by atoms with van der Waals surface area (Å²) in [5, 5.41) is 9.36. The van der Waals surface area contributed by atoms with E-state index in [9.17, 15) is 10.1 Å². The normalized spacial score (nSPS) is 11.1. The van der Waals surface area contributed by atoms with Gasteiger partial charge in [0.25, 0.3) is 0 Å². The zero-order chi connectivity index (χ0) is 22.2. The van der Waals surface area contributed by atoms with Gasteiger partial charge < -0.3 is 28.6 Å². The summed E-state index contributed by atoms with van der Waals surface area (Å²) in [6.07, 6.45) is 1.47. The molecule has 0 amide bonds. The molecule has 0 bridgehead atoms. The second-order valence-electron chi connectivity index (χ2n) is 6.12. The first-order chi connectivity index (χ1) is 14.6. The number of carbonyl (C=O) groups is 1. The zero-order valence-corrected chi connectivity index (χ0v) is 18.3. The molecule has 0 radical (unpaired) electrons. The highest BCUT2D eigenvalue weighted by Crippen LogP contribution is 2.27. The number of nitrogens with zero attached hydrogens (tertiary/aromatic N) is 2. The molecule has 166 valence electrons. The fourth-order valence-electron chi connectivity index (χ4n) is 2.63. The molecule has 1 aromatic rings. The second-order valence-corrected chi connectivity index (χ2v) is 6.12. The fraction of sp³-hybridized carbons (Fsp3) is 0.545. The van der Waals surface area contributed by atoms with Crippen molar-refractivity contribution in [3.63, 3.8) is 0 Å². The highest BCUT2D eigenvalue weighted by atomic mass is 16.6. The van der Waals surface area contributed by atoms with Gasteiger partial charge >= 0.3 is 5.97 Å². The van der Waals surface area contributed by atoms with E-state index in [1.807, 2.05) is 24.3 Å². The summed E-state index contributed by atoms with van der Waals surface area (Å²) in [5.74, 6) is -0.121. The lowest BCUT2D eigenvalue weighted by Crippen LogP contribution is -2.21. The lowest BCUT2D eigenvalue weighted by atomic mass is 10.1. The van der Waals surface area contributed by atoms with Crippen molar-refractivity contribution in [1.82, 2.24) is 0 Å². The Morgan fingerprint density at radius 1 is 1.03 bits per heavy atom. The molecule has 0 heterocycles. The summed E-state index contributed by atoms with van der Waals surface area (Å²) >= 11 is 0. The van der Waals surface area contributed by atoms with Gasteiger partial charge in [0.1, 0.15) is 24.0 Å². The van der Waals surface area contributed by atoms with Crippen molar-refractivity contribution in [2.75, 3.05) is 71.9 Å². The van der Waals surface area contributed by atoms with Gasteiger partial charge in [-0.15, -0.1) is 0 Å². The molecular formula is C22H32N2O6. The number of rotatable bonds is 15. The molecule has 0 N–H and O–H groups in total. The van der Waals surface area contributed by atoms with E-state index in [1.54, 1.807) is 14.2 Å². The van der Waals surface area contributed by atoms with Crippen LogP contribution in [0.15, 0.2) is 23.8 Å². The second kappa shape index (κ2) is 15.3. The Bertz CT molecular complexity index is 710. The summed E-state index contributed by atoms with van der Waals surface area (Å²) in [6, 6.07) is 7.54. The van der Waals surface area contributed by atoms with Gasteiger partial charge in [0.05, 0.1) is 40.1 Å². The first kappa shape index (κ1) is 25.4. The van der Waals surface area contributed by atoms with Crippen molar-refractivity contribution in [3.8, 4) is 11.8 Å². The smallest absolute Gasteiger partial charge is 0.348 e. The fourth-order valence-corrected chi connectivity index (χ4v) is 2.63. The number of benzene rings is 1. The summed E-state index contributed by atoms with van der Waals surface area (Å²) in [7, 11) is 3.16. The van der Waals surface area contributed by atoms with Crippen molar-refractivity contribution in [1.29, 1.82) is 5.26 Å². The highest BCUT2D eigenvalue weighted by Gasteiger charge is 2.13. The van der Waals surface area contributed by atoms with Crippen molar-refractivity contribution < 1.29 is 28.5 Å². The van der Waals surface area contributed by atoms with Gasteiger partial charge in [-0.3, -0.25) is 0 Å². The lowest BCUT2D eigenvalue weighted by molar-refractivity contribution is -0.140. The summed E-state index contributed by atoms with van der Waals surface area (Å²) in [4.78, 5) is 14.4. The minimum atomic E-state index is -0.702. The van der Waals surface area contributed by atoms with Gasteiger partial charge in [0.2, 0.25) is 0 Å². The Kier molecular flexibility index (Phi) is 12.9. The molecule has 1 aromatic carbocycles. The van der Waals surface area contributed by atoms with Gasteiger partial charge in [-0.2, -0.15) is 5.26 Å². The van der Waals surface area contributed by atoms with E-state index in [4.69, 9.17) is 23.7 Å². The maximum absolute atomic E-state index is 12.2. The summed E-state index contributed by atoms with van der Waals surface area (Å²) in [5.41, 5.74) is 1.54. The van der Waals surface area contributed by atoms with Crippen LogP contribution in [0.3, 0.4) is 0 Å². The number of methoxy groups -OCH3 is 2. The third-order valence-electron chi connectivity index (χ3n) is 4.25. The highest BCUT2D eigenvalue weighted by molar-refractivity contribution is 5.98. The molecule has 1 rings (SSSR count). The van der Waals surface area contributed by atoms with Gasteiger partial charge in [-0.1, -0.05) is 0 Å². The predicted molar refractivity (Wildman–Crippen MR) is 115 cm³/mol. The topological polar surface area (TPSA) is 90.3 Å². The van der Waals surface area contributed by atoms with Crippen molar-refractivity contribution in [3.05, 3.63) is 29.3 Å². The lowest BCUT2D eigenvalue weighted by Gasteiger charge is -2.22. The van der Waals surface area contributed by atoms with Crippen LogP contribution >= 0.6 is 0 Å². The Hall–Kier alpha value is -2.60. The summed E-state index contributed by atoms with van der Waals surface area (Å²) < 4.78 is 26.0. The van der Waals surface area contributed by atoms with E-state index in [2.05, 4.69) is 18.7 Å². The Labute approximate surface area is 178 Å². The molecule has 0 saturated heterocycles. The quantitative estimate of drug-likeness (QED) is 0.185. The Morgan fingerprint density at radius 2 is 1.67 bits per heavy atom. The molecule has 8 heteroatoms. The molecule has 0 aliphatic carbocycles. The molecule has 0 spiro atoms. The molecule has 30 heavy (non-hydrogen) atoms. The zero-order valence-electron chi connectivity index (χ0n) is 18.3. The average Bonchev–Trinajstić information content (AvgIpc) is 2.77. The number of carbonyl (C=O) groups excluding carboxylic acids is 1. The SMILES string of the molecule is CCN(CC)c1ccc(/C=C(\C#N)C(=O)OCCOCCOCCOC)c(OC)c1. The number of hydrogen-bond donors (Lipinski definition) is 0. The van der Waals surface area contributed by atoms with Crippen molar-refractivity contribution in [2.45, 2.75) is 13.8 Å². The molecule has 0 saturated carbocycles. The Balaban J connectivity index is 2.60. The van der Waals surface area contributed by atoms with Crippen LogP contribution in [0.5, 0.6) is 5.75 Å². The third kappa shape index (κ3) is 8.82. The molecule has 0 unspecified atom stereocenters. The van der Waals surface area contributed by atoms with Crippen LogP contribution in [0, 0.1) is 11.3 Å². The van der Waals surface area contributed by atoms with Crippen LogP contribution in [0.4, 0.5) is 5.69 Å². The standard InChI is InChI=1S/C22H32N2O6/c1-5-24(6-2)20-8-7-18(21(16-20)27-4)15-19(17-23)22(25)30-14-13-29-12-11-28-10-9-26-3/h7-8,15-16H,5-6,9-14H2,1-4H3/b19-15+. The number of ether oxygens (including phenoxy) is 5. The van der Waals surface area contributed by atoms with Crippen LogP contribution in [0.2, 0.25) is 0 Å². The van der Waals surface area contributed by atoms with E-state index < -0.39 is 5.97 Å². The van der Waals surface area contributed by atoms with Crippen LogP contribution in [0.25, 0.3) is 6.08 Å². The van der Waals surface area contributed by atoms with Crippen LogP contribution in [-0.2, 0) is 23.7 Å². The third-order valence-corrected chi connectivity index (χ3v) is 4.25. The maximum atomic E-state index is 12.2. The molecule has 0 fully saturated rings. The van der Waals surface area contributed by atoms with Crippen LogP contribution in [-0.4, -0.2) is 72.9 Å². The number of esters is 1. The largest absolute Gasteiger partial charge is 0.496 e. The Morgan fingerprint density at radius 3 is 2.23 bits per heavy atom. The van der Waals surface area contributed by atoms with Gasteiger partial charge in [-0.25, -0.2) is 4.79 Å². The van der Waals surface area contributed by atoms with E-state index >= 15 is 0 Å².